The number of nitrogens with one attached hydrogen (secondary N) is 3. The van der Waals surface area contributed by atoms with E-state index in [-0.39, 0.29) is 6.04 Å². The summed E-state index contributed by atoms with van der Waals surface area (Å²) in [6.07, 6.45) is -0.433. The van der Waals surface area contributed by atoms with Gasteiger partial charge in [-0.15, -0.1) is 0 Å². The number of hydrogen-bond acceptors (Lipinski definition) is 5. The molecule has 0 fully saturated rings. The van der Waals surface area contributed by atoms with Crippen molar-refractivity contribution >= 4 is 22.9 Å². The molecule has 3 aromatic rings. The first-order chi connectivity index (χ1) is 13.6. The number of rotatable bonds is 5. The minimum Gasteiger partial charge on any atom is -0.444 e. The van der Waals surface area contributed by atoms with Crippen molar-refractivity contribution in [3.63, 3.8) is 0 Å². The van der Waals surface area contributed by atoms with E-state index < -0.39 is 11.7 Å². The van der Waals surface area contributed by atoms with Crippen molar-refractivity contribution in [1.82, 2.24) is 20.3 Å². The molecule has 0 unspecified atom stereocenters. The van der Waals surface area contributed by atoms with E-state index in [0.717, 1.165) is 33.7 Å². The average Bonchev–Trinajstić information content (AvgIpc) is 2.93. The SMILES string of the molecule is Cc1[nH]c2nc(-c3ccccc3)nc(N[C@@H](C)CNC(=O)OC(C)(C)C)c2c1C. The summed E-state index contributed by atoms with van der Waals surface area (Å²) < 4.78 is 5.30. The number of carbonyl (C=O) groups excluding carboxylic acids is 1. The van der Waals surface area contributed by atoms with Crippen molar-refractivity contribution in [3.8, 4) is 11.4 Å². The van der Waals surface area contributed by atoms with Gasteiger partial charge in [-0.25, -0.2) is 14.8 Å². The average molecular weight is 396 g/mol. The Bertz CT molecular complexity index is 1010. The number of fused-ring (bicyclic) bond motifs is 1. The first-order valence-electron chi connectivity index (χ1n) is 9.80. The number of amides is 1. The van der Waals surface area contributed by atoms with Gasteiger partial charge in [-0.2, -0.15) is 0 Å². The molecule has 0 spiro atoms. The molecular weight excluding hydrogens is 366 g/mol. The quantitative estimate of drug-likeness (QED) is 0.589. The Morgan fingerprint density at radius 3 is 2.52 bits per heavy atom. The molecule has 2 aromatic heterocycles. The van der Waals surface area contributed by atoms with Gasteiger partial charge in [0.05, 0.1) is 5.39 Å². The highest BCUT2D eigenvalue weighted by molar-refractivity contribution is 5.92. The van der Waals surface area contributed by atoms with Crippen LogP contribution in [0.3, 0.4) is 0 Å². The second kappa shape index (κ2) is 8.11. The van der Waals surface area contributed by atoms with E-state index in [4.69, 9.17) is 14.7 Å². The zero-order valence-corrected chi connectivity index (χ0v) is 17.9. The van der Waals surface area contributed by atoms with Crippen molar-refractivity contribution in [3.05, 3.63) is 41.6 Å². The van der Waals surface area contributed by atoms with Crippen molar-refractivity contribution in [2.24, 2.45) is 0 Å². The third-order valence-electron chi connectivity index (χ3n) is 4.52. The normalized spacial score (nSPS) is 12.6. The van der Waals surface area contributed by atoms with Gasteiger partial charge in [0.15, 0.2) is 5.82 Å². The standard InChI is InChI=1S/C22H29N5O2/c1-13(12-23-21(28)29-22(4,5)6)24-19-17-14(2)15(3)25-20(17)27-18(26-19)16-10-8-7-9-11-16/h7-11,13H,12H2,1-6H3,(H,23,28)(H2,24,25,26,27)/t13-/m0/s1. The molecule has 2 heterocycles. The number of benzene rings is 1. The molecule has 0 bridgehead atoms. The molecule has 1 amide bonds. The van der Waals surface area contributed by atoms with Crippen LogP contribution in [0.2, 0.25) is 0 Å². The molecule has 0 aliphatic carbocycles. The van der Waals surface area contributed by atoms with Crippen LogP contribution in [-0.2, 0) is 4.74 Å². The van der Waals surface area contributed by atoms with Crippen molar-refractivity contribution < 1.29 is 9.53 Å². The fraction of sp³-hybridized carbons (Fsp3) is 0.409. The summed E-state index contributed by atoms with van der Waals surface area (Å²) in [5.74, 6) is 1.39. The summed E-state index contributed by atoms with van der Waals surface area (Å²) in [6.45, 7) is 12.0. The number of alkyl carbamates (subject to hydrolysis) is 1. The summed E-state index contributed by atoms with van der Waals surface area (Å²) in [6, 6.07) is 9.82. The van der Waals surface area contributed by atoms with Crippen LogP contribution in [0.4, 0.5) is 10.6 Å². The van der Waals surface area contributed by atoms with E-state index in [0.29, 0.717) is 12.4 Å². The number of ether oxygens (including phenoxy) is 1. The van der Waals surface area contributed by atoms with Gasteiger partial charge in [0, 0.05) is 23.8 Å². The van der Waals surface area contributed by atoms with Gasteiger partial charge >= 0.3 is 6.09 Å². The number of aromatic nitrogens is 3. The topological polar surface area (TPSA) is 91.9 Å². The molecule has 29 heavy (non-hydrogen) atoms. The van der Waals surface area contributed by atoms with Gasteiger partial charge in [0.1, 0.15) is 17.1 Å². The zero-order chi connectivity index (χ0) is 21.2. The van der Waals surface area contributed by atoms with E-state index in [9.17, 15) is 4.79 Å². The van der Waals surface area contributed by atoms with E-state index in [2.05, 4.69) is 22.5 Å². The van der Waals surface area contributed by atoms with Crippen LogP contribution in [0, 0.1) is 13.8 Å². The Balaban J connectivity index is 1.84. The Hall–Kier alpha value is -3.09. The lowest BCUT2D eigenvalue weighted by atomic mass is 10.1. The number of nitrogens with zero attached hydrogens (tertiary/aromatic N) is 2. The third kappa shape index (κ3) is 5.04. The molecule has 3 N–H and O–H groups in total. The molecule has 1 atom stereocenters. The number of aryl methyl sites for hydroxylation is 2. The number of H-pyrrole nitrogens is 1. The lowest BCUT2D eigenvalue weighted by Gasteiger charge is -2.21. The maximum Gasteiger partial charge on any atom is 0.407 e. The van der Waals surface area contributed by atoms with Gasteiger partial charge < -0.3 is 20.4 Å². The molecule has 3 rings (SSSR count). The molecule has 0 aliphatic heterocycles. The molecule has 1 aromatic carbocycles. The Morgan fingerprint density at radius 2 is 1.86 bits per heavy atom. The van der Waals surface area contributed by atoms with Crippen molar-refractivity contribution in [2.45, 2.75) is 53.2 Å². The Labute approximate surface area is 171 Å². The van der Waals surface area contributed by atoms with Gasteiger partial charge in [-0.1, -0.05) is 30.3 Å². The number of hydrogen-bond donors (Lipinski definition) is 3. The van der Waals surface area contributed by atoms with Gasteiger partial charge in [0.2, 0.25) is 0 Å². The Kier molecular flexibility index (Phi) is 5.77. The molecule has 0 aliphatic rings. The lowest BCUT2D eigenvalue weighted by Crippen LogP contribution is -2.38. The summed E-state index contributed by atoms with van der Waals surface area (Å²) in [5.41, 5.74) is 3.38. The number of carbonyl (C=O) groups is 1. The fourth-order valence-corrected chi connectivity index (χ4v) is 3.02. The Morgan fingerprint density at radius 1 is 1.17 bits per heavy atom. The van der Waals surface area contributed by atoms with Crippen LogP contribution in [0.1, 0.15) is 39.0 Å². The van der Waals surface area contributed by atoms with Crippen molar-refractivity contribution in [1.29, 1.82) is 0 Å². The van der Waals surface area contributed by atoms with E-state index in [1.165, 1.54) is 0 Å². The van der Waals surface area contributed by atoms with Crippen LogP contribution >= 0.6 is 0 Å². The molecule has 0 saturated heterocycles. The van der Waals surface area contributed by atoms with Crippen molar-refractivity contribution in [2.75, 3.05) is 11.9 Å². The number of aromatic amines is 1. The van der Waals surface area contributed by atoms with Gasteiger partial charge in [-0.05, 0) is 47.1 Å². The maximum absolute atomic E-state index is 11.9. The summed E-state index contributed by atoms with van der Waals surface area (Å²) in [5, 5.41) is 7.19. The van der Waals surface area contributed by atoms with Gasteiger partial charge in [-0.3, -0.25) is 0 Å². The summed E-state index contributed by atoms with van der Waals surface area (Å²) in [4.78, 5) is 24.8. The molecule has 7 heteroatoms. The fourth-order valence-electron chi connectivity index (χ4n) is 3.02. The zero-order valence-electron chi connectivity index (χ0n) is 17.9. The van der Waals surface area contributed by atoms with Crippen LogP contribution < -0.4 is 10.6 Å². The second-order valence-electron chi connectivity index (χ2n) is 8.29. The highest BCUT2D eigenvalue weighted by Crippen LogP contribution is 2.29. The lowest BCUT2D eigenvalue weighted by molar-refractivity contribution is 0.0526. The smallest absolute Gasteiger partial charge is 0.407 e. The molecule has 154 valence electrons. The van der Waals surface area contributed by atoms with Crippen LogP contribution in [0.25, 0.3) is 22.4 Å². The maximum atomic E-state index is 11.9. The molecule has 7 nitrogen and oxygen atoms in total. The minimum atomic E-state index is -0.524. The molecular formula is C22H29N5O2. The van der Waals surface area contributed by atoms with E-state index in [1.54, 1.807) is 0 Å². The molecule has 0 radical (unpaired) electrons. The predicted octanol–water partition coefficient (Wildman–Crippen LogP) is 4.57. The first kappa shape index (κ1) is 20.6. The largest absolute Gasteiger partial charge is 0.444 e. The summed E-state index contributed by atoms with van der Waals surface area (Å²) >= 11 is 0. The molecule has 0 saturated carbocycles. The minimum absolute atomic E-state index is 0.0566. The second-order valence-corrected chi connectivity index (χ2v) is 8.29. The monoisotopic (exact) mass is 395 g/mol. The first-order valence-corrected chi connectivity index (χ1v) is 9.80. The van der Waals surface area contributed by atoms with Crippen LogP contribution in [-0.4, -0.2) is 39.2 Å². The third-order valence-corrected chi connectivity index (χ3v) is 4.52. The summed E-state index contributed by atoms with van der Waals surface area (Å²) in [7, 11) is 0. The van der Waals surface area contributed by atoms with E-state index in [1.807, 2.05) is 65.0 Å². The number of anilines is 1. The predicted molar refractivity (Wildman–Crippen MR) is 116 cm³/mol. The highest BCUT2D eigenvalue weighted by atomic mass is 16.6. The van der Waals surface area contributed by atoms with Gasteiger partial charge in [0.25, 0.3) is 0 Å². The highest BCUT2D eigenvalue weighted by Gasteiger charge is 2.19. The van der Waals surface area contributed by atoms with E-state index >= 15 is 0 Å². The van der Waals surface area contributed by atoms with Crippen LogP contribution in [0.5, 0.6) is 0 Å². The van der Waals surface area contributed by atoms with Crippen LogP contribution in [0.15, 0.2) is 30.3 Å².